The lowest BCUT2D eigenvalue weighted by Crippen LogP contribution is -2.52. The molecule has 2 aromatic rings. The molecule has 1 aliphatic heterocycles. The molecule has 2 aromatic heterocycles. The normalized spacial score (nSPS) is 20.9. The summed E-state index contributed by atoms with van der Waals surface area (Å²) in [5.41, 5.74) is 8.49. The molecule has 0 saturated carbocycles. The Morgan fingerprint density at radius 2 is 2.17 bits per heavy atom. The van der Waals surface area contributed by atoms with Crippen LogP contribution in [0.5, 0.6) is 0 Å². The third kappa shape index (κ3) is 4.50. The fourth-order valence-corrected chi connectivity index (χ4v) is 3.02. The van der Waals surface area contributed by atoms with E-state index in [2.05, 4.69) is 34.0 Å². The van der Waals surface area contributed by atoms with Gasteiger partial charge in [0, 0.05) is 38.1 Å². The second kappa shape index (κ2) is 7.38. The van der Waals surface area contributed by atoms with Crippen molar-refractivity contribution in [1.82, 2.24) is 24.9 Å². The van der Waals surface area contributed by atoms with Gasteiger partial charge in [-0.1, -0.05) is 25.1 Å². The molecule has 3 heterocycles. The zero-order valence-corrected chi connectivity index (χ0v) is 14.5. The molecule has 3 rings (SSSR count). The van der Waals surface area contributed by atoms with Crippen LogP contribution in [0.25, 0.3) is 0 Å². The Labute approximate surface area is 143 Å². The van der Waals surface area contributed by atoms with Gasteiger partial charge < -0.3 is 5.73 Å². The molecule has 0 spiro atoms. The van der Waals surface area contributed by atoms with E-state index < -0.39 is 0 Å². The highest BCUT2D eigenvalue weighted by molar-refractivity contribution is 5.85. The molecule has 2 N–H and O–H groups in total. The highest BCUT2D eigenvalue weighted by Crippen LogP contribution is 2.28. The van der Waals surface area contributed by atoms with Gasteiger partial charge in [-0.05, 0) is 23.5 Å². The van der Waals surface area contributed by atoms with Crippen LogP contribution < -0.4 is 5.73 Å². The van der Waals surface area contributed by atoms with Crippen LogP contribution in [-0.4, -0.2) is 44.0 Å². The molecule has 0 aliphatic carbocycles. The third-order valence-corrected chi connectivity index (χ3v) is 4.43. The van der Waals surface area contributed by atoms with Gasteiger partial charge in [-0.2, -0.15) is 0 Å². The minimum absolute atomic E-state index is 0. The quantitative estimate of drug-likeness (QED) is 0.920. The molecule has 0 amide bonds. The first kappa shape index (κ1) is 17.8. The van der Waals surface area contributed by atoms with Crippen molar-refractivity contribution in [3.63, 3.8) is 0 Å². The fourth-order valence-electron chi connectivity index (χ4n) is 3.02. The van der Waals surface area contributed by atoms with Crippen molar-refractivity contribution >= 4 is 12.4 Å². The summed E-state index contributed by atoms with van der Waals surface area (Å²) in [6.07, 6.45) is 6.69. The van der Waals surface area contributed by atoms with E-state index in [9.17, 15) is 0 Å². The van der Waals surface area contributed by atoms with Crippen LogP contribution in [0.2, 0.25) is 0 Å². The second-order valence-corrected chi connectivity index (χ2v) is 6.86. The van der Waals surface area contributed by atoms with Crippen LogP contribution in [0.4, 0.5) is 0 Å². The summed E-state index contributed by atoms with van der Waals surface area (Å²) < 4.78 is 1.87. The molecule has 23 heavy (non-hydrogen) atoms. The topological polar surface area (TPSA) is 72.9 Å². The van der Waals surface area contributed by atoms with Crippen LogP contribution in [0, 0.1) is 5.41 Å². The average molecular weight is 337 g/mol. The van der Waals surface area contributed by atoms with Gasteiger partial charge in [0.1, 0.15) is 0 Å². The van der Waals surface area contributed by atoms with Crippen molar-refractivity contribution in [2.75, 3.05) is 13.1 Å². The van der Waals surface area contributed by atoms with Crippen molar-refractivity contribution in [3.05, 3.63) is 42.0 Å². The first-order valence-corrected chi connectivity index (χ1v) is 7.79. The van der Waals surface area contributed by atoms with Crippen LogP contribution in [0.3, 0.4) is 0 Å². The van der Waals surface area contributed by atoms with E-state index in [1.54, 1.807) is 6.20 Å². The Kier molecular flexibility index (Phi) is 5.73. The molecule has 0 radical (unpaired) electrons. The number of rotatable bonds is 4. The number of nitrogens with two attached hydrogens (primary N) is 1. The zero-order valence-electron chi connectivity index (χ0n) is 13.7. The highest BCUT2D eigenvalue weighted by Gasteiger charge is 2.33. The number of aromatic nitrogens is 4. The van der Waals surface area contributed by atoms with Gasteiger partial charge in [0.05, 0.1) is 18.4 Å². The molecule has 1 unspecified atom stereocenters. The predicted molar refractivity (Wildman–Crippen MR) is 92.3 cm³/mol. The van der Waals surface area contributed by atoms with Crippen LogP contribution >= 0.6 is 12.4 Å². The summed E-state index contributed by atoms with van der Waals surface area (Å²) in [5, 5.41) is 8.51. The lowest BCUT2D eigenvalue weighted by molar-refractivity contribution is 0.0889. The molecule has 0 aromatic carbocycles. The maximum Gasteiger partial charge on any atom is 0.0967 e. The smallest absolute Gasteiger partial charge is 0.0967 e. The van der Waals surface area contributed by atoms with E-state index in [0.717, 1.165) is 37.3 Å². The number of nitrogens with zero attached hydrogens (tertiary/aromatic N) is 5. The lowest BCUT2D eigenvalue weighted by Gasteiger charge is -2.42. The van der Waals surface area contributed by atoms with Gasteiger partial charge in [-0.25, -0.2) is 4.68 Å². The SMILES string of the molecule is CC1(C)CN(Cc2cn(Cc3cccnc3)nn2)CCC1N.Cl. The van der Waals surface area contributed by atoms with Gasteiger partial charge in [0.15, 0.2) is 0 Å². The Hall–Kier alpha value is -1.50. The van der Waals surface area contributed by atoms with Gasteiger partial charge in [0.2, 0.25) is 0 Å². The van der Waals surface area contributed by atoms with Crippen molar-refractivity contribution < 1.29 is 0 Å². The van der Waals surface area contributed by atoms with E-state index in [4.69, 9.17) is 5.73 Å². The maximum absolute atomic E-state index is 6.19. The number of likely N-dealkylation sites (tertiary alicyclic amines) is 1. The minimum atomic E-state index is 0. The first-order chi connectivity index (χ1) is 10.5. The molecular formula is C16H25ClN6. The number of pyridine rings is 1. The van der Waals surface area contributed by atoms with Crippen molar-refractivity contribution in [3.8, 4) is 0 Å². The van der Waals surface area contributed by atoms with E-state index in [1.165, 1.54) is 0 Å². The number of hydrogen-bond donors (Lipinski definition) is 1. The lowest BCUT2D eigenvalue weighted by atomic mass is 9.80. The summed E-state index contributed by atoms with van der Waals surface area (Å²) in [7, 11) is 0. The second-order valence-electron chi connectivity index (χ2n) is 6.86. The monoisotopic (exact) mass is 336 g/mol. The Bertz CT molecular complexity index is 612. The minimum Gasteiger partial charge on any atom is -0.327 e. The maximum atomic E-state index is 6.19. The average Bonchev–Trinajstić information content (AvgIpc) is 2.91. The Morgan fingerprint density at radius 1 is 1.35 bits per heavy atom. The van der Waals surface area contributed by atoms with Crippen LogP contribution in [0.1, 0.15) is 31.5 Å². The number of halogens is 1. The van der Waals surface area contributed by atoms with E-state index in [1.807, 2.05) is 29.2 Å². The van der Waals surface area contributed by atoms with E-state index >= 15 is 0 Å². The summed E-state index contributed by atoms with van der Waals surface area (Å²) in [5.74, 6) is 0. The summed E-state index contributed by atoms with van der Waals surface area (Å²) in [4.78, 5) is 6.54. The van der Waals surface area contributed by atoms with Gasteiger partial charge in [-0.3, -0.25) is 9.88 Å². The third-order valence-electron chi connectivity index (χ3n) is 4.43. The molecule has 1 atom stereocenters. The summed E-state index contributed by atoms with van der Waals surface area (Å²) >= 11 is 0. The number of hydrogen-bond acceptors (Lipinski definition) is 5. The predicted octanol–water partition coefficient (Wildman–Crippen LogP) is 1.70. The molecule has 7 heteroatoms. The Morgan fingerprint density at radius 3 is 2.87 bits per heavy atom. The highest BCUT2D eigenvalue weighted by atomic mass is 35.5. The van der Waals surface area contributed by atoms with Crippen molar-refractivity contribution in [2.24, 2.45) is 11.1 Å². The fraction of sp³-hybridized carbons (Fsp3) is 0.562. The largest absolute Gasteiger partial charge is 0.327 e. The van der Waals surface area contributed by atoms with Crippen LogP contribution in [-0.2, 0) is 13.1 Å². The van der Waals surface area contributed by atoms with Crippen LogP contribution in [0.15, 0.2) is 30.7 Å². The van der Waals surface area contributed by atoms with Crippen molar-refractivity contribution in [2.45, 2.75) is 39.4 Å². The van der Waals surface area contributed by atoms with Gasteiger partial charge >= 0.3 is 0 Å². The molecule has 1 aliphatic rings. The zero-order chi connectivity index (χ0) is 15.6. The van der Waals surface area contributed by atoms with Crippen molar-refractivity contribution in [1.29, 1.82) is 0 Å². The molecule has 1 saturated heterocycles. The number of piperidine rings is 1. The summed E-state index contributed by atoms with van der Waals surface area (Å²) in [6.45, 7) is 8.05. The van der Waals surface area contributed by atoms with E-state index in [-0.39, 0.29) is 23.9 Å². The Balaban J connectivity index is 0.00000192. The standard InChI is InChI=1S/C16H24N6.ClH/c1-16(2)12-21(7-5-15(16)17)10-14-11-22(20-19-14)9-13-4-3-6-18-8-13;/h3-4,6,8,11,15H,5,7,9-10,12,17H2,1-2H3;1H. The van der Waals surface area contributed by atoms with E-state index in [0.29, 0.717) is 6.54 Å². The van der Waals surface area contributed by atoms with Gasteiger partial charge in [0.25, 0.3) is 0 Å². The molecule has 0 bridgehead atoms. The first-order valence-electron chi connectivity index (χ1n) is 7.79. The molecular weight excluding hydrogens is 312 g/mol. The molecule has 6 nitrogen and oxygen atoms in total. The molecule has 126 valence electrons. The van der Waals surface area contributed by atoms with Gasteiger partial charge in [-0.15, -0.1) is 17.5 Å². The molecule has 1 fully saturated rings. The summed E-state index contributed by atoms with van der Waals surface area (Å²) in [6, 6.07) is 4.26.